The zero-order valence-corrected chi connectivity index (χ0v) is 13.5. The van der Waals surface area contributed by atoms with E-state index in [-0.39, 0.29) is 6.04 Å². The van der Waals surface area contributed by atoms with Gasteiger partial charge in [0, 0.05) is 11.5 Å². The standard InChI is InChI=1S/C13H15Br2N3/c1-3-16-12(9-5-4-6-10(14)7-9)13-11(15)8-17-18(13)2/h4-8,12,16H,3H2,1-2H3. The Bertz CT molecular complexity index is 517. The lowest BCUT2D eigenvalue weighted by Gasteiger charge is -2.19. The highest BCUT2D eigenvalue weighted by atomic mass is 79.9. The molecule has 1 unspecified atom stereocenters. The molecule has 2 aromatic rings. The molecular formula is C13H15Br2N3. The predicted molar refractivity (Wildman–Crippen MR) is 80.6 cm³/mol. The summed E-state index contributed by atoms with van der Waals surface area (Å²) >= 11 is 7.09. The fourth-order valence-electron chi connectivity index (χ4n) is 2.01. The zero-order chi connectivity index (χ0) is 13.1. The molecule has 96 valence electrons. The molecule has 1 aromatic heterocycles. The Morgan fingerprint density at radius 3 is 2.72 bits per heavy atom. The van der Waals surface area contributed by atoms with Gasteiger partial charge in [-0.2, -0.15) is 5.10 Å². The van der Waals surface area contributed by atoms with Crippen LogP contribution in [0.15, 0.2) is 39.4 Å². The number of benzene rings is 1. The maximum Gasteiger partial charge on any atom is 0.0760 e. The van der Waals surface area contributed by atoms with Crippen molar-refractivity contribution in [3.05, 3.63) is 50.7 Å². The fourth-order valence-corrected chi connectivity index (χ4v) is 3.00. The van der Waals surface area contributed by atoms with Crippen LogP contribution in [0.4, 0.5) is 0 Å². The van der Waals surface area contributed by atoms with Crippen LogP contribution >= 0.6 is 31.9 Å². The van der Waals surface area contributed by atoms with Crippen LogP contribution in [0.25, 0.3) is 0 Å². The summed E-state index contributed by atoms with van der Waals surface area (Å²) in [5, 5.41) is 7.78. The Morgan fingerprint density at radius 2 is 2.17 bits per heavy atom. The van der Waals surface area contributed by atoms with Gasteiger partial charge in [-0.05, 0) is 40.2 Å². The van der Waals surface area contributed by atoms with Crippen molar-refractivity contribution in [3.8, 4) is 0 Å². The van der Waals surface area contributed by atoms with E-state index in [1.165, 1.54) is 5.56 Å². The van der Waals surface area contributed by atoms with Crippen LogP contribution in [0, 0.1) is 0 Å². The second kappa shape index (κ2) is 5.99. The van der Waals surface area contributed by atoms with Crippen molar-refractivity contribution in [3.63, 3.8) is 0 Å². The number of aryl methyl sites for hydroxylation is 1. The quantitative estimate of drug-likeness (QED) is 0.887. The molecular weight excluding hydrogens is 358 g/mol. The highest BCUT2D eigenvalue weighted by Crippen LogP contribution is 2.29. The minimum absolute atomic E-state index is 0.134. The lowest BCUT2D eigenvalue weighted by Crippen LogP contribution is -2.24. The van der Waals surface area contributed by atoms with Gasteiger partial charge >= 0.3 is 0 Å². The maximum atomic E-state index is 4.29. The highest BCUT2D eigenvalue weighted by Gasteiger charge is 2.19. The van der Waals surface area contributed by atoms with Crippen LogP contribution in [-0.4, -0.2) is 16.3 Å². The van der Waals surface area contributed by atoms with Gasteiger partial charge in [-0.25, -0.2) is 0 Å². The number of nitrogens with zero attached hydrogens (tertiary/aromatic N) is 2. The Hall–Kier alpha value is -0.650. The molecule has 0 spiro atoms. The average molecular weight is 373 g/mol. The second-order valence-corrected chi connectivity index (χ2v) is 5.82. The third kappa shape index (κ3) is 2.84. The molecule has 0 saturated heterocycles. The first-order valence-electron chi connectivity index (χ1n) is 5.79. The summed E-state index contributed by atoms with van der Waals surface area (Å²) in [5.41, 5.74) is 2.35. The number of hydrogen-bond donors (Lipinski definition) is 1. The van der Waals surface area contributed by atoms with Crippen LogP contribution in [0.1, 0.15) is 24.2 Å². The van der Waals surface area contributed by atoms with Crippen molar-refractivity contribution in [2.75, 3.05) is 6.54 Å². The molecule has 2 rings (SSSR count). The maximum absolute atomic E-state index is 4.29. The number of rotatable bonds is 4. The molecule has 0 fully saturated rings. The number of aromatic nitrogens is 2. The number of hydrogen-bond acceptors (Lipinski definition) is 2. The lowest BCUT2D eigenvalue weighted by atomic mass is 10.0. The molecule has 0 bridgehead atoms. The van der Waals surface area contributed by atoms with E-state index >= 15 is 0 Å². The first-order chi connectivity index (χ1) is 8.63. The molecule has 0 aliphatic rings. The summed E-state index contributed by atoms with van der Waals surface area (Å²) < 4.78 is 4.01. The summed E-state index contributed by atoms with van der Waals surface area (Å²) in [4.78, 5) is 0. The van der Waals surface area contributed by atoms with Gasteiger partial charge in [0.25, 0.3) is 0 Å². The summed E-state index contributed by atoms with van der Waals surface area (Å²) in [6.45, 7) is 3.00. The van der Waals surface area contributed by atoms with Crippen LogP contribution in [-0.2, 0) is 7.05 Å². The Balaban J connectivity index is 2.46. The van der Waals surface area contributed by atoms with Gasteiger partial charge in [0.2, 0.25) is 0 Å². The molecule has 1 N–H and O–H groups in total. The molecule has 1 aromatic carbocycles. The smallest absolute Gasteiger partial charge is 0.0760 e. The third-order valence-electron chi connectivity index (χ3n) is 2.80. The monoisotopic (exact) mass is 371 g/mol. The fraction of sp³-hybridized carbons (Fsp3) is 0.308. The Kier molecular flexibility index (Phi) is 4.59. The molecule has 3 nitrogen and oxygen atoms in total. The van der Waals surface area contributed by atoms with Gasteiger partial charge in [-0.1, -0.05) is 35.0 Å². The summed E-state index contributed by atoms with van der Waals surface area (Å²) in [6.07, 6.45) is 1.83. The van der Waals surface area contributed by atoms with Crippen molar-refractivity contribution in [1.29, 1.82) is 0 Å². The van der Waals surface area contributed by atoms with Gasteiger partial charge in [0.05, 0.1) is 22.4 Å². The van der Waals surface area contributed by atoms with Gasteiger partial charge in [-0.15, -0.1) is 0 Å². The molecule has 5 heteroatoms. The molecule has 18 heavy (non-hydrogen) atoms. The van der Waals surface area contributed by atoms with Crippen molar-refractivity contribution in [1.82, 2.24) is 15.1 Å². The van der Waals surface area contributed by atoms with E-state index in [1.807, 2.05) is 30.1 Å². The van der Waals surface area contributed by atoms with Crippen molar-refractivity contribution >= 4 is 31.9 Å². The van der Waals surface area contributed by atoms with Crippen molar-refractivity contribution in [2.24, 2.45) is 7.05 Å². The zero-order valence-electron chi connectivity index (χ0n) is 10.3. The third-order valence-corrected chi connectivity index (χ3v) is 3.91. The predicted octanol–water partition coefficient (Wildman–Crippen LogP) is 3.64. The molecule has 0 radical (unpaired) electrons. The van der Waals surface area contributed by atoms with Crippen molar-refractivity contribution < 1.29 is 0 Å². The highest BCUT2D eigenvalue weighted by molar-refractivity contribution is 9.10. The molecule has 0 aliphatic heterocycles. The van der Waals surface area contributed by atoms with Crippen LogP contribution < -0.4 is 5.32 Å². The second-order valence-electron chi connectivity index (χ2n) is 4.05. The Labute approximate surface area is 124 Å². The van der Waals surface area contributed by atoms with Crippen LogP contribution in [0.2, 0.25) is 0 Å². The van der Waals surface area contributed by atoms with E-state index in [9.17, 15) is 0 Å². The minimum Gasteiger partial charge on any atom is -0.305 e. The first-order valence-corrected chi connectivity index (χ1v) is 7.38. The van der Waals surface area contributed by atoms with E-state index in [2.05, 4.69) is 61.3 Å². The molecule has 0 saturated carbocycles. The normalized spacial score (nSPS) is 12.7. The van der Waals surface area contributed by atoms with E-state index in [4.69, 9.17) is 0 Å². The summed E-state index contributed by atoms with van der Waals surface area (Å²) in [6, 6.07) is 8.47. The van der Waals surface area contributed by atoms with E-state index in [0.29, 0.717) is 0 Å². The SMILES string of the molecule is CCNC(c1cccc(Br)c1)c1c(Br)cnn1C. The van der Waals surface area contributed by atoms with Crippen LogP contribution in [0.3, 0.4) is 0 Å². The summed E-state index contributed by atoms with van der Waals surface area (Å²) in [7, 11) is 1.96. The molecule has 1 atom stereocenters. The van der Waals surface area contributed by atoms with E-state index < -0.39 is 0 Å². The first kappa shape index (κ1) is 13.8. The van der Waals surface area contributed by atoms with Gasteiger partial charge in [0.1, 0.15) is 0 Å². The number of halogens is 2. The average Bonchev–Trinajstić information content (AvgIpc) is 2.67. The minimum atomic E-state index is 0.134. The number of nitrogens with one attached hydrogen (secondary N) is 1. The molecule has 0 amide bonds. The topological polar surface area (TPSA) is 29.9 Å². The van der Waals surface area contributed by atoms with E-state index in [1.54, 1.807) is 0 Å². The molecule has 1 heterocycles. The Morgan fingerprint density at radius 1 is 1.39 bits per heavy atom. The molecule has 0 aliphatic carbocycles. The largest absolute Gasteiger partial charge is 0.305 e. The lowest BCUT2D eigenvalue weighted by molar-refractivity contribution is 0.570. The van der Waals surface area contributed by atoms with Gasteiger partial charge in [-0.3, -0.25) is 4.68 Å². The summed E-state index contributed by atoms with van der Waals surface area (Å²) in [5.74, 6) is 0. The van der Waals surface area contributed by atoms with Gasteiger partial charge < -0.3 is 5.32 Å². The van der Waals surface area contributed by atoms with E-state index in [0.717, 1.165) is 21.2 Å². The van der Waals surface area contributed by atoms with Crippen molar-refractivity contribution in [2.45, 2.75) is 13.0 Å². The van der Waals surface area contributed by atoms with Gasteiger partial charge in [0.15, 0.2) is 0 Å². The van der Waals surface area contributed by atoms with Crippen LogP contribution in [0.5, 0.6) is 0 Å².